The molecular weight excluding hydrogens is 348 g/mol. The first kappa shape index (κ1) is 19.1. The largest absolute Gasteiger partial charge is 0.467 e. The normalized spacial score (nSPS) is 20.2. The Morgan fingerprint density at radius 3 is 2.68 bits per heavy atom. The molecule has 2 atom stereocenters. The SMILES string of the molecule is COC(=O)C(CC(C)C)NC(=O)C1(C)Oc2ccc(Cl)cc2NC1=O. The van der Waals surface area contributed by atoms with E-state index >= 15 is 0 Å². The van der Waals surface area contributed by atoms with E-state index in [1.54, 1.807) is 12.1 Å². The number of hydrogen-bond acceptors (Lipinski definition) is 5. The summed E-state index contributed by atoms with van der Waals surface area (Å²) in [5, 5.41) is 5.59. The summed E-state index contributed by atoms with van der Waals surface area (Å²) in [5.74, 6) is -1.48. The molecule has 0 aromatic heterocycles. The maximum Gasteiger partial charge on any atom is 0.328 e. The van der Waals surface area contributed by atoms with Gasteiger partial charge >= 0.3 is 5.97 Å². The molecule has 136 valence electrons. The van der Waals surface area contributed by atoms with Crippen molar-refractivity contribution in [1.82, 2.24) is 5.32 Å². The lowest BCUT2D eigenvalue weighted by Gasteiger charge is -2.34. The van der Waals surface area contributed by atoms with Gasteiger partial charge in [0, 0.05) is 5.02 Å². The maximum absolute atomic E-state index is 12.7. The molecule has 1 aromatic carbocycles. The van der Waals surface area contributed by atoms with Gasteiger partial charge < -0.3 is 20.1 Å². The molecular formula is C17H21ClN2O5. The van der Waals surface area contributed by atoms with E-state index in [9.17, 15) is 14.4 Å². The number of nitrogens with one attached hydrogen (secondary N) is 2. The molecule has 7 nitrogen and oxygen atoms in total. The van der Waals surface area contributed by atoms with Crippen molar-refractivity contribution in [2.45, 2.75) is 38.8 Å². The molecule has 0 spiro atoms. The van der Waals surface area contributed by atoms with Crippen molar-refractivity contribution in [2.75, 3.05) is 12.4 Å². The smallest absolute Gasteiger partial charge is 0.328 e. The van der Waals surface area contributed by atoms with Crippen molar-refractivity contribution < 1.29 is 23.9 Å². The Morgan fingerprint density at radius 1 is 1.40 bits per heavy atom. The average molecular weight is 369 g/mol. The summed E-state index contributed by atoms with van der Waals surface area (Å²) >= 11 is 5.89. The summed E-state index contributed by atoms with van der Waals surface area (Å²) in [6.07, 6.45) is 0.377. The maximum atomic E-state index is 12.7. The van der Waals surface area contributed by atoms with Gasteiger partial charge in [-0.15, -0.1) is 0 Å². The Hall–Kier alpha value is -2.28. The van der Waals surface area contributed by atoms with Crippen LogP contribution in [0.4, 0.5) is 5.69 Å². The van der Waals surface area contributed by atoms with Gasteiger partial charge in [0.2, 0.25) is 0 Å². The topological polar surface area (TPSA) is 93.7 Å². The molecule has 1 heterocycles. The second-order valence-corrected chi connectivity index (χ2v) is 6.85. The first-order valence-corrected chi connectivity index (χ1v) is 8.24. The zero-order valence-corrected chi connectivity index (χ0v) is 15.3. The molecule has 1 aromatic rings. The van der Waals surface area contributed by atoms with Crippen LogP contribution in [0.1, 0.15) is 27.2 Å². The molecule has 0 radical (unpaired) electrons. The van der Waals surface area contributed by atoms with E-state index in [1.165, 1.54) is 20.1 Å². The molecule has 2 amide bonds. The van der Waals surface area contributed by atoms with Gasteiger partial charge in [0.1, 0.15) is 11.8 Å². The minimum Gasteiger partial charge on any atom is -0.467 e. The van der Waals surface area contributed by atoms with Crippen molar-refractivity contribution in [3.05, 3.63) is 23.2 Å². The van der Waals surface area contributed by atoms with E-state index in [1.807, 2.05) is 13.8 Å². The molecule has 2 unspecified atom stereocenters. The summed E-state index contributed by atoms with van der Waals surface area (Å²) in [7, 11) is 1.24. The van der Waals surface area contributed by atoms with Gasteiger partial charge in [-0.25, -0.2) is 4.79 Å². The van der Waals surface area contributed by atoms with Crippen LogP contribution in [0.2, 0.25) is 5.02 Å². The highest BCUT2D eigenvalue weighted by molar-refractivity contribution is 6.31. The fraction of sp³-hybridized carbons (Fsp3) is 0.471. The third kappa shape index (κ3) is 4.04. The van der Waals surface area contributed by atoms with E-state index in [4.69, 9.17) is 21.1 Å². The van der Waals surface area contributed by atoms with Gasteiger partial charge in [-0.05, 0) is 37.5 Å². The van der Waals surface area contributed by atoms with E-state index in [-0.39, 0.29) is 5.92 Å². The number of halogens is 1. The Bertz CT molecular complexity index is 706. The van der Waals surface area contributed by atoms with Crippen molar-refractivity contribution in [2.24, 2.45) is 5.92 Å². The summed E-state index contributed by atoms with van der Waals surface area (Å²) < 4.78 is 10.4. The number of rotatable bonds is 5. The number of carbonyl (C=O) groups is 3. The predicted molar refractivity (Wildman–Crippen MR) is 92.5 cm³/mol. The van der Waals surface area contributed by atoms with Crippen molar-refractivity contribution in [3.8, 4) is 5.75 Å². The summed E-state index contributed by atoms with van der Waals surface area (Å²) in [6.45, 7) is 5.17. The van der Waals surface area contributed by atoms with Gasteiger partial charge in [-0.2, -0.15) is 0 Å². The van der Waals surface area contributed by atoms with E-state index in [2.05, 4.69) is 10.6 Å². The van der Waals surface area contributed by atoms with Crippen LogP contribution in [-0.2, 0) is 19.1 Å². The Balaban J connectivity index is 2.23. The Morgan fingerprint density at radius 2 is 2.08 bits per heavy atom. The minimum absolute atomic E-state index is 0.140. The number of carbonyl (C=O) groups excluding carboxylic acids is 3. The van der Waals surface area contributed by atoms with Gasteiger partial charge in [0.25, 0.3) is 17.4 Å². The number of esters is 1. The number of fused-ring (bicyclic) bond motifs is 1. The van der Waals surface area contributed by atoms with Gasteiger partial charge in [0.05, 0.1) is 12.8 Å². The van der Waals surface area contributed by atoms with Crippen molar-refractivity contribution in [1.29, 1.82) is 0 Å². The molecule has 0 bridgehead atoms. The second kappa shape index (κ2) is 7.31. The van der Waals surface area contributed by atoms with Gasteiger partial charge in [-0.3, -0.25) is 9.59 Å². The number of ether oxygens (including phenoxy) is 2. The Labute approximate surface area is 151 Å². The molecule has 25 heavy (non-hydrogen) atoms. The molecule has 2 N–H and O–H groups in total. The molecule has 8 heteroatoms. The zero-order valence-electron chi connectivity index (χ0n) is 14.5. The van der Waals surface area contributed by atoms with E-state index in [0.717, 1.165) is 0 Å². The first-order chi connectivity index (χ1) is 11.7. The van der Waals surface area contributed by atoms with Gasteiger partial charge in [-0.1, -0.05) is 25.4 Å². The first-order valence-electron chi connectivity index (χ1n) is 7.86. The number of anilines is 1. The summed E-state index contributed by atoms with van der Waals surface area (Å²) in [6, 6.07) is 3.82. The van der Waals surface area contributed by atoms with Gasteiger partial charge in [0.15, 0.2) is 0 Å². The third-order valence-corrected chi connectivity index (χ3v) is 4.10. The van der Waals surface area contributed by atoms with Crippen LogP contribution < -0.4 is 15.4 Å². The molecule has 0 saturated carbocycles. The molecule has 0 saturated heterocycles. The second-order valence-electron chi connectivity index (χ2n) is 6.41. The molecule has 0 aliphatic carbocycles. The predicted octanol–water partition coefficient (Wildman–Crippen LogP) is 2.13. The van der Waals surface area contributed by atoms with Crippen LogP contribution in [0.5, 0.6) is 5.75 Å². The van der Waals surface area contributed by atoms with Crippen molar-refractivity contribution in [3.63, 3.8) is 0 Å². The molecule has 1 aliphatic rings. The lowest BCUT2D eigenvalue weighted by molar-refractivity contribution is -0.152. The summed E-state index contributed by atoms with van der Waals surface area (Å²) in [4.78, 5) is 37.0. The molecule has 0 fully saturated rings. The fourth-order valence-electron chi connectivity index (χ4n) is 2.47. The molecule has 1 aliphatic heterocycles. The van der Waals surface area contributed by atoms with Crippen LogP contribution in [0.3, 0.4) is 0 Å². The summed E-state index contributed by atoms with van der Waals surface area (Å²) in [5.41, 5.74) is -1.43. The van der Waals surface area contributed by atoms with Crippen LogP contribution in [-0.4, -0.2) is 36.5 Å². The number of amides is 2. The van der Waals surface area contributed by atoms with Crippen LogP contribution in [0.25, 0.3) is 0 Å². The Kier molecular flexibility index (Phi) is 5.57. The average Bonchev–Trinajstić information content (AvgIpc) is 2.54. The van der Waals surface area contributed by atoms with Crippen LogP contribution >= 0.6 is 11.6 Å². The van der Waals surface area contributed by atoms with E-state index < -0.39 is 29.4 Å². The zero-order chi connectivity index (χ0) is 18.8. The fourth-order valence-corrected chi connectivity index (χ4v) is 2.64. The highest BCUT2D eigenvalue weighted by atomic mass is 35.5. The minimum atomic E-state index is -1.82. The number of benzene rings is 1. The third-order valence-electron chi connectivity index (χ3n) is 3.87. The lowest BCUT2D eigenvalue weighted by atomic mass is 9.99. The lowest BCUT2D eigenvalue weighted by Crippen LogP contribution is -2.61. The number of methoxy groups -OCH3 is 1. The highest BCUT2D eigenvalue weighted by Crippen LogP contribution is 2.35. The highest BCUT2D eigenvalue weighted by Gasteiger charge is 2.48. The molecule has 2 rings (SSSR count). The van der Waals surface area contributed by atoms with Crippen LogP contribution in [0.15, 0.2) is 18.2 Å². The quantitative estimate of drug-likeness (QED) is 0.613. The monoisotopic (exact) mass is 368 g/mol. The van der Waals surface area contributed by atoms with Crippen LogP contribution in [0, 0.1) is 5.92 Å². The standard InChI is InChI=1S/C17H21ClN2O5/c1-9(2)7-12(14(21)24-4)20-16(23)17(3)15(22)19-11-8-10(18)5-6-13(11)25-17/h5-6,8-9,12H,7H2,1-4H3,(H,19,22)(H,20,23). The van der Waals surface area contributed by atoms with E-state index in [0.29, 0.717) is 22.9 Å². The van der Waals surface area contributed by atoms with Crippen molar-refractivity contribution >= 4 is 35.1 Å². The number of hydrogen-bond donors (Lipinski definition) is 2.